The van der Waals surface area contributed by atoms with Crippen LogP contribution in [0, 0.1) is 0 Å². The average molecular weight is 291 g/mol. The summed E-state index contributed by atoms with van der Waals surface area (Å²) in [5.41, 5.74) is 5.14. The molecule has 104 valence electrons. The van der Waals surface area contributed by atoms with Crippen molar-refractivity contribution in [3.63, 3.8) is 0 Å². The fourth-order valence-corrected chi connectivity index (χ4v) is 2.39. The number of carbonyl (C=O) groups excluding carboxylic acids is 4. The number of amides is 4. The molecule has 2 heterocycles. The Morgan fingerprint density at radius 3 is 1.32 bits per heavy atom. The molecule has 0 atom stereocenters. The summed E-state index contributed by atoms with van der Waals surface area (Å²) in [6, 6.07) is 0. The zero-order valence-electron chi connectivity index (χ0n) is 9.61. The van der Waals surface area contributed by atoms with E-state index in [0.717, 1.165) is 0 Å². The van der Waals surface area contributed by atoms with Gasteiger partial charge >= 0.3 is 7.75 Å². The van der Waals surface area contributed by atoms with Crippen LogP contribution in [-0.2, 0) is 33.0 Å². The third-order valence-corrected chi connectivity index (χ3v) is 3.18. The molecule has 2 saturated heterocycles. The van der Waals surface area contributed by atoms with Crippen LogP contribution < -0.4 is 5.50 Å². The highest BCUT2D eigenvalue weighted by molar-refractivity contribution is 7.51. The summed E-state index contributed by atoms with van der Waals surface area (Å²) in [6.07, 6.45) is -0.387. The first-order chi connectivity index (χ1) is 8.80. The predicted octanol–water partition coefficient (Wildman–Crippen LogP) is -0.786. The van der Waals surface area contributed by atoms with Crippen molar-refractivity contribution in [2.24, 2.45) is 5.50 Å². The number of nitrogens with zero attached hydrogens (tertiary/aromatic N) is 2. The first kappa shape index (κ1) is 13.8. The van der Waals surface area contributed by atoms with Crippen LogP contribution in [0.15, 0.2) is 0 Å². The van der Waals surface area contributed by atoms with Gasteiger partial charge in [-0.2, -0.15) is 9.25 Å². The molecule has 0 aromatic heterocycles. The minimum absolute atomic E-state index is 0.0968. The molecule has 0 saturated carbocycles. The Morgan fingerprint density at radius 2 is 1.05 bits per heavy atom. The largest absolute Gasteiger partial charge is 0.446 e. The van der Waals surface area contributed by atoms with E-state index < -0.39 is 31.4 Å². The lowest BCUT2D eigenvalue weighted by atomic mass is 10.4. The first-order valence-corrected chi connectivity index (χ1v) is 6.91. The summed E-state index contributed by atoms with van der Waals surface area (Å²) in [4.78, 5) is 44.9. The third-order valence-electron chi connectivity index (χ3n) is 2.40. The number of carbonyl (C=O) groups is 4. The van der Waals surface area contributed by atoms with Crippen molar-refractivity contribution in [2.45, 2.75) is 25.7 Å². The van der Waals surface area contributed by atoms with Crippen molar-refractivity contribution in [1.82, 2.24) is 10.1 Å². The molecule has 2 N–H and O–H groups in total. The maximum atomic E-state index is 11.7. The second-order valence-corrected chi connectivity index (χ2v) is 5.27. The zero-order valence-corrected chi connectivity index (χ0v) is 10.5. The lowest BCUT2D eigenvalue weighted by molar-refractivity contribution is -0.177. The maximum absolute atomic E-state index is 11.7. The highest BCUT2D eigenvalue weighted by Crippen LogP contribution is 2.43. The summed E-state index contributed by atoms with van der Waals surface area (Å²) in [5, 5.41) is 0.456. The average Bonchev–Trinajstić information content (AvgIpc) is 2.79. The third kappa shape index (κ3) is 2.87. The van der Waals surface area contributed by atoms with Gasteiger partial charge in [-0.05, 0) is 0 Å². The van der Waals surface area contributed by atoms with Crippen molar-refractivity contribution >= 4 is 31.4 Å². The fourth-order valence-electron chi connectivity index (χ4n) is 1.54. The predicted molar refractivity (Wildman–Crippen MR) is 56.1 cm³/mol. The number of rotatable bonds is 4. The second kappa shape index (κ2) is 4.82. The van der Waals surface area contributed by atoms with E-state index in [1.165, 1.54) is 0 Å². The van der Waals surface area contributed by atoms with Crippen LogP contribution in [0.25, 0.3) is 0 Å². The van der Waals surface area contributed by atoms with Gasteiger partial charge in [-0.1, -0.05) is 0 Å². The SMILES string of the molecule is NP(=O)(ON1C(=O)CCC1=O)ON1C(=O)CCC1=O. The molecule has 0 radical (unpaired) electrons. The number of hydroxylamine groups is 4. The van der Waals surface area contributed by atoms with Gasteiger partial charge in [0.1, 0.15) is 0 Å². The van der Waals surface area contributed by atoms with Crippen LogP contribution in [0.5, 0.6) is 0 Å². The van der Waals surface area contributed by atoms with Crippen molar-refractivity contribution < 1.29 is 33.0 Å². The van der Waals surface area contributed by atoms with Gasteiger partial charge in [0, 0.05) is 25.7 Å². The van der Waals surface area contributed by atoms with E-state index >= 15 is 0 Å². The minimum atomic E-state index is -4.47. The van der Waals surface area contributed by atoms with E-state index in [2.05, 4.69) is 9.25 Å². The molecule has 2 rings (SSSR count). The van der Waals surface area contributed by atoms with Gasteiger partial charge in [-0.15, -0.1) is 10.1 Å². The van der Waals surface area contributed by atoms with Crippen molar-refractivity contribution in [3.05, 3.63) is 0 Å². The van der Waals surface area contributed by atoms with E-state index in [1.807, 2.05) is 0 Å². The molecule has 0 aromatic rings. The highest BCUT2D eigenvalue weighted by atomic mass is 31.2. The quantitative estimate of drug-likeness (QED) is 0.525. The monoisotopic (exact) mass is 291 g/mol. The van der Waals surface area contributed by atoms with Gasteiger partial charge < -0.3 is 0 Å². The van der Waals surface area contributed by atoms with E-state index in [9.17, 15) is 23.7 Å². The molecule has 2 fully saturated rings. The smallest absolute Gasteiger partial charge is 0.272 e. The Labute approximate surface area is 106 Å². The fraction of sp³-hybridized carbons (Fsp3) is 0.500. The van der Waals surface area contributed by atoms with Crippen molar-refractivity contribution in [3.8, 4) is 0 Å². The summed E-state index contributed by atoms with van der Waals surface area (Å²) in [5.74, 6) is -2.89. The molecule has 2 aliphatic heterocycles. The van der Waals surface area contributed by atoms with Crippen LogP contribution in [-0.4, -0.2) is 33.8 Å². The Kier molecular flexibility index (Phi) is 3.50. The Bertz CT molecular complexity index is 444. The van der Waals surface area contributed by atoms with Gasteiger partial charge in [-0.3, -0.25) is 19.2 Å². The van der Waals surface area contributed by atoms with Gasteiger partial charge in [-0.25, -0.2) is 10.1 Å². The summed E-state index contributed by atoms with van der Waals surface area (Å²) in [7, 11) is -4.47. The van der Waals surface area contributed by atoms with Gasteiger partial charge in [0.2, 0.25) is 0 Å². The van der Waals surface area contributed by atoms with Crippen LogP contribution in [0.2, 0.25) is 0 Å². The standard InChI is InChI=1S/C8H10N3O7P/c9-19(16,17-10-5(12)1-2-6(10)13)18-11-7(14)3-4-8(11)15/h1-4H2,(H2,9,16). The summed E-state index contributed by atoms with van der Waals surface area (Å²) >= 11 is 0. The number of imide groups is 2. The number of hydrogen-bond donors (Lipinski definition) is 1. The molecule has 19 heavy (non-hydrogen) atoms. The van der Waals surface area contributed by atoms with E-state index in [1.54, 1.807) is 0 Å². The zero-order chi connectivity index (χ0) is 14.2. The Hall–Kier alpha value is -1.61. The molecule has 0 aliphatic carbocycles. The van der Waals surface area contributed by atoms with Crippen LogP contribution in [0.4, 0.5) is 0 Å². The molecule has 10 nitrogen and oxygen atoms in total. The molecular weight excluding hydrogens is 281 g/mol. The summed E-state index contributed by atoms with van der Waals surface area (Å²) < 4.78 is 20.7. The first-order valence-electron chi connectivity index (χ1n) is 5.30. The highest BCUT2D eigenvalue weighted by Gasteiger charge is 2.41. The summed E-state index contributed by atoms with van der Waals surface area (Å²) in [6.45, 7) is 0. The molecular formula is C8H10N3O7P. The van der Waals surface area contributed by atoms with Crippen molar-refractivity contribution in [2.75, 3.05) is 0 Å². The molecule has 0 unspecified atom stereocenters. The van der Waals surface area contributed by atoms with Crippen LogP contribution in [0.1, 0.15) is 25.7 Å². The Morgan fingerprint density at radius 1 is 0.789 bits per heavy atom. The number of hydrogen-bond acceptors (Lipinski definition) is 7. The normalized spacial score (nSPS) is 20.9. The molecule has 4 amide bonds. The van der Waals surface area contributed by atoms with Gasteiger partial charge in [0.15, 0.2) is 0 Å². The molecule has 0 spiro atoms. The topological polar surface area (TPSA) is 136 Å². The van der Waals surface area contributed by atoms with Crippen LogP contribution in [0.3, 0.4) is 0 Å². The Balaban J connectivity index is 2.04. The minimum Gasteiger partial charge on any atom is -0.272 e. The van der Waals surface area contributed by atoms with Gasteiger partial charge in [0.25, 0.3) is 23.6 Å². The molecule has 11 heteroatoms. The van der Waals surface area contributed by atoms with Gasteiger partial charge in [0.05, 0.1) is 0 Å². The van der Waals surface area contributed by atoms with E-state index in [-0.39, 0.29) is 35.8 Å². The number of nitrogens with two attached hydrogens (primary N) is 1. The second-order valence-electron chi connectivity index (χ2n) is 3.87. The van der Waals surface area contributed by atoms with Crippen LogP contribution >= 0.6 is 7.75 Å². The molecule has 0 bridgehead atoms. The molecule has 2 aliphatic rings. The molecule has 0 aromatic carbocycles. The van der Waals surface area contributed by atoms with E-state index in [0.29, 0.717) is 0 Å². The maximum Gasteiger partial charge on any atom is 0.446 e. The lowest BCUT2D eigenvalue weighted by Gasteiger charge is -2.21. The van der Waals surface area contributed by atoms with E-state index in [4.69, 9.17) is 5.50 Å². The lowest BCUT2D eigenvalue weighted by Crippen LogP contribution is -2.34. The van der Waals surface area contributed by atoms with Crippen molar-refractivity contribution in [1.29, 1.82) is 0 Å².